The fourth-order valence-corrected chi connectivity index (χ4v) is 6.99. The molecule has 3 heterocycles. The van der Waals surface area contributed by atoms with Crippen LogP contribution in [0.1, 0.15) is 53.0 Å². The van der Waals surface area contributed by atoms with E-state index in [-0.39, 0.29) is 50.7 Å². The Hall–Kier alpha value is -2.02. The Morgan fingerprint density at radius 2 is 1.97 bits per heavy atom. The van der Waals surface area contributed by atoms with Crippen LogP contribution < -0.4 is 21.9 Å². The number of carbonyl (C=O) groups excluding carboxylic acids is 3. The summed E-state index contributed by atoms with van der Waals surface area (Å²) in [6, 6.07) is 2.58. The number of amides is 3. The van der Waals surface area contributed by atoms with Gasteiger partial charge in [-0.3, -0.25) is 15.0 Å². The van der Waals surface area contributed by atoms with Gasteiger partial charge in [0.15, 0.2) is 11.6 Å². The predicted octanol–water partition coefficient (Wildman–Crippen LogP) is 4.33. The third kappa shape index (κ3) is 6.66. The molecule has 0 aliphatic carbocycles. The van der Waals surface area contributed by atoms with Crippen LogP contribution in [-0.4, -0.2) is 59.6 Å². The Morgan fingerprint density at radius 1 is 1.26 bits per heavy atom. The lowest BCUT2D eigenvalue weighted by atomic mass is 9.91. The second-order valence-corrected chi connectivity index (χ2v) is 13.3. The summed E-state index contributed by atoms with van der Waals surface area (Å²) in [6.07, 6.45) is 0.374. The number of hydrogen-bond acceptors (Lipinski definition) is 8. The number of nitrogens with zero attached hydrogens (tertiary/aromatic N) is 1. The van der Waals surface area contributed by atoms with Crippen molar-refractivity contribution in [3.8, 4) is 0 Å². The molecule has 0 spiro atoms. The van der Waals surface area contributed by atoms with E-state index >= 15 is 0 Å². The molecule has 10 nitrogen and oxygen atoms in total. The van der Waals surface area contributed by atoms with Gasteiger partial charge < -0.3 is 25.4 Å². The van der Waals surface area contributed by atoms with Crippen molar-refractivity contribution < 1.29 is 23.9 Å². The minimum atomic E-state index is -0.768. The van der Waals surface area contributed by atoms with Crippen molar-refractivity contribution in [2.45, 2.75) is 64.7 Å². The first-order chi connectivity index (χ1) is 18.2. The molecule has 214 valence electrons. The third-order valence-electron chi connectivity index (χ3n) is 6.71. The Morgan fingerprint density at radius 3 is 2.59 bits per heavy atom. The molecule has 4 rings (SSSR count). The van der Waals surface area contributed by atoms with Gasteiger partial charge in [0.2, 0.25) is 5.91 Å². The summed E-state index contributed by atoms with van der Waals surface area (Å²) in [6.45, 7) is 11.2. The van der Waals surface area contributed by atoms with Crippen LogP contribution in [0, 0.1) is 11.3 Å². The molecule has 0 radical (unpaired) electrons. The maximum absolute atomic E-state index is 14.3. The number of urea groups is 1. The highest BCUT2D eigenvalue weighted by Gasteiger charge is 2.46. The van der Waals surface area contributed by atoms with Crippen LogP contribution in [0.4, 0.5) is 10.5 Å². The lowest BCUT2D eigenvalue weighted by molar-refractivity contribution is -0.140. The predicted molar refractivity (Wildman–Crippen MR) is 153 cm³/mol. The van der Waals surface area contributed by atoms with Gasteiger partial charge >= 0.3 is 6.03 Å². The molecule has 2 saturated heterocycles. The molecule has 5 N–H and O–H groups in total. The van der Waals surface area contributed by atoms with E-state index in [4.69, 9.17) is 38.4 Å². The van der Waals surface area contributed by atoms with Crippen LogP contribution in [0.3, 0.4) is 0 Å². The number of nitrogens with two attached hydrogens (primary N) is 1. The number of benzene rings is 1. The van der Waals surface area contributed by atoms with Gasteiger partial charge in [-0.1, -0.05) is 61.8 Å². The molecular formula is C26H35Cl2N5O5S. The molecule has 13 heteroatoms. The second kappa shape index (κ2) is 11.5. The number of ether oxygens (including phenoxy) is 2. The lowest BCUT2D eigenvalue weighted by Crippen LogP contribution is -2.46. The SMILES string of the molecule is CC1(C)OCC(CN2C(C(=O)C3CCC(=O)NNC3)=C(c3ccc(NC(N)=O)c(Cl)c3Cl)SC2C(C)(C)C)O1. The van der Waals surface area contributed by atoms with Gasteiger partial charge in [0.1, 0.15) is 6.10 Å². The average molecular weight is 601 g/mol. The van der Waals surface area contributed by atoms with Crippen LogP contribution in [-0.2, 0) is 19.1 Å². The van der Waals surface area contributed by atoms with Gasteiger partial charge in [-0.05, 0) is 31.7 Å². The topological polar surface area (TPSA) is 135 Å². The maximum atomic E-state index is 14.3. The Balaban J connectivity index is 1.83. The van der Waals surface area contributed by atoms with E-state index in [2.05, 4.69) is 41.8 Å². The molecule has 1 aromatic rings. The Bertz CT molecular complexity index is 1200. The first-order valence-corrected chi connectivity index (χ1v) is 14.4. The standard InChI is InChI=1S/C26H35Cl2N5O5S/c1-25(2,3)23-33(11-14-12-37-26(4,5)38-14)20(21(35)13-6-9-17(34)32-30-10-13)22(39-23)15-7-8-16(31-24(29)36)19(28)18(15)27/h7-8,13-14,23,30H,6,9-12H2,1-5H3,(H,32,34)(H3,29,31,36). The number of halogens is 2. The van der Waals surface area contributed by atoms with Crippen molar-refractivity contribution in [2.75, 3.05) is 25.0 Å². The fourth-order valence-electron chi connectivity index (χ4n) is 4.94. The van der Waals surface area contributed by atoms with Crippen molar-refractivity contribution in [3.05, 3.63) is 33.4 Å². The smallest absolute Gasteiger partial charge is 0.316 e. The van der Waals surface area contributed by atoms with Crippen molar-refractivity contribution >= 4 is 63.3 Å². The first-order valence-electron chi connectivity index (χ1n) is 12.8. The van der Waals surface area contributed by atoms with Crippen LogP contribution >= 0.6 is 35.0 Å². The number of hydrogen-bond donors (Lipinski definition) is 4. The highest BCUT2D eigenvalue weighted by Crippen LogP contribution is 2.53. The quantitative estimate of drug-likeness (QED) is 0.379. The maximum Gasteiger partial charge on any atom is 0.316 e. The molecule has 3 aliphatic heterocycles. The second-order valence-electron chi connectivity index (χ2n) is 11.4. The highest BCUT2D eigenvalue weighted by molar-refractivity contribution is 8.09. The van der Waals surface area contributed by atoms with E-state index in [1.165, 1.54) is 0 Å². The number of Topliss-reactive ketones (excluding diaryl/α,β-unsaturated/α-hetero) is 1. The van der Waals surface area contributed by atoms with Crippen LogP contribution in [0.2, 0.25) is 10.0 Å². The summed E-state index contributed by atoms with van der Waals surface area (Å²) >= 11 is 14.8. The van der Waals surface area contributed by atoms with E-state index < -0.39 is 17.7 Å². The Labute approximate surface area is 242 Å². The van der Waals surface area contributed by atoms with E-state index in [9.17, 15) is 14.4 Å². The van der Waals surface area contributed by atoms with E-state index in [0.717, 1.165) is 0 Å². The molecule has 3 amide bonds. The number of primary amides is 1. The number of carbonyl (C=O) groups is 3. The largest absolute Gasteiger partial charge is 0.352 e. The molecule has 3 atom stereocenters. The number of anilines is 1. The lowest BCUT2D eigenvalue weighted by Gasteiger charge is -2.38. The normalized spacial score (nSPS) is 25.5. The molecule has 0 bridgehead atoms. The molecule has 0 aromatic heterocycles. The first kappa shape index (κ1) is 30.0. The zero-order chi connectivity index (χ0) is 28.7. The van der Waals surface area contributed by atoms with E-state index in [1.807, 2.05) is 13.8 Å². The molecule has 0 saturated carbocycles. The molecular weight excluding hydrogens is 565 g/mol. The summed E-state index contributed by atoms with van der Waals surface area (Å²) in [5.41, 5.74) is 11.9. The summed E-state index contributed by atoms with van der Waals surface area (Å²) in [5.74, 6) is -1.42. The van der Waals surface area contributed by atoms with Crippen LogP contribution in [0.15, 0.2) is 17.8 Å². The van der Waals surface area contributed by atoms with Gasteiger partial charge in [-0.15, -0.1) is 0 Å². The zero-order valence-electron chi connectivity index (χ0n) is 22.7. The number of allylic oxidation sites excluding steroid dienone is 1. The van der Waals surface area contributed by atoms with Crippen molar-refractivity contribution in [2.24, 2.45) is 17.1 Å². The number of rotatable bonds is 6. The van der Waals surface area contributed by atoms with Gasteiger partial charge in [-0.25, -0.2) is 10.2 Å². The molecule has 3 aliphatic rings. The number of hydrazine groups is 1. The van der Waals surface area contributed by atoms with Gasteiger partial charge in [0.05, 0.1) is 33.4 Å². The van der Waals surface area contributed by atoms with E-state index in [0.29, 0.717) is 42.3 Å². The number of nitrogens with one attached hydrogen (secondary N) is 3. The van der Waals surface area contributed by atoms with Crippen LogP contribution in [0.5, 0.6) is 0 Å². The molecule has 39 heavy (non-hydrogen) atoms. The molecule has 1 aromatic carbocycles. The zero-order valence-corrected chi connectivity index (χ0v) is 25.0. The third-order valence-corrected chi connectivity index (χ3v) is 9.42. The Kier molecular flexibility index (Phi) is 8.80. The summed E-state index contributed by atoms with van der Waals surface area (Å²) < 4.78 is 12.0. The molecule has 3 unspecified atom stereocenters. The van der Waals surface area contributed by atoms with Crippen molar-refractivity contribution in [3.63, 3.8) is 0 Å². The minimum Gasteiger partial charge on any atom is -0.352 e. The highest BCUT2D eigenvalue weighted by atomic mass is 35.5. The van der Waals surface area contributed by atoms with Gasteiger partial charge in [0, 0.05) is 35.9 Å². The average Bonchev–Trinajstić information content (AvgIpc) is 3.29. The van der Waals surface area contributed by atoms with Gasteiger partial charge in [0.25, 0.3) is 0 Å². The summed E-state index contributed by atoms with van der Waals surface area (Å²) in [7, 11) is 0. The van der Waals surface area contributed by atoms with Crippen molar-refractivity contribution in [1.29, 1.82) is 0 Å². The molecule has 2 fully saturated rings. The van der Waals surface area contributed by atoms with Crippen LogP contribution in [0.25, 0.3) is 4.91 Å². The monoisotopic (exact) mass is 599 g/mol. The van der Waals surface area contributed by atoms with Gasteiger partial charge in [-0.2, -0.15) is 0 Å². The van der Waals surface area contributed by atoms with Crippen molar-refractivity contribution in [1.82, 2.24) is 15.8 Å². The fraction of sp³-hybridized carbons (Fsp3) is 0.577. The number of ketones is 1. The summed E-state index contributed by atoms with van der Waals surface area (Å²) in [5, 5.41) is 2.65. The minimum absolute atomic E-state index is 0.0991. The number of thioether (sulfide) groups is 1. The van der Waals surface area contributed by atoms with E-state index in [1.54, 1.807) is 23.9 Å². The summed E-state index contributed by atoms with van der Waals surface area (Å²) in [4.78, 5) is 40.5.